The van der Waals surface area contributed by atoms with Gasteiger partial charge in [0, 0.05) is 9.86 Å². The Morgan fingerprint density at radius 2 is 1.56 bits per heavy atom. The van der Waals surface area contributed by atoms with Crippen LogP contribution in [0.15, 0.2) is 63.7 Å². The molecule has 3 rings (SSSR count). The summed E-state index contributed by atoms with van der Waals surface area (Å²) in [6.45, 7) is 0. The maximum atomic E-state index is 5.39. The lowest BCUT2D eigenvalue weighted by molar-refractivity contribution is 0.616. The van der Waals surface area contributed by atoms with Gasteiger partial charge in [0.25, 0.3) is 0 Å². The predicted molar refractivity (Wildman–Crippen MR) is 69.4 cm³/mol. The highest BCUT2D eigenvalue weighted by atomic mass is 79.9. The van der Waals surface area contributed by atoms with Crippen LogP contribution in [0.4, 0.5) is 0 Å². The molecule has 0 N–H and O–H groups in total. The number of rotatable bonds is 1. The van der Waals surface area contributed by atoms with Crippen LogP contribution < -0.4 is 0 Å². The van der Waals surface area contributed by atoms with Gasteiger partial charge in [-0.15, -0.1) is 0 Å². The van der Waals surface area contributed by atoms with Crippen LogP contribution in [0.5, 0.6) is 0 Å². The fraction of sp³-hybridized carbons (Fsp3) is 0. The molecule has 0 fully saturated rings. The summed E-state index contributed by atoms with van der Waals surface area (Å²) in [7, 11) is 0. The summed E-state index contributed by atoms with van der Waals surface area (Å²) in [5, 5.41) is 1.14. The Kier molecular flexibility index (Phi) is 2.29. The van der Waals surface area contributed by atoms with Gasteiger partial charge in [-0.1, -0.05) is 40.2 Å². The van der Waals surface area contributed by atoms with Gasteiger partial charge in [0.15, 0.2) is 0 Å². The topological polar surface area (TPSA) is 13.1 Å². The van der Waals surface area contributed by atoms with Gasteiger partial charge in [-0.3, -0.25) is 0 Å². The third-order valence-electron chi connectivity index (χ3n) is 2.63. The second-order valence-electron chi connectivity index (χ2n) is 3.68. The summed E-state index contributed by atoms with van der Waals surface area (Å²) in [6, 6.07) is 16.5. The largest absolute Gasteiger partial charge is 0.464 e. The Morgan fingerprint density at radius 3 is 2.38 bits per heavy atom. The van der Waals surface area contributed by atoms with Crippen LogP contribution in [0.1, 0.15) is 0 Å². The first-order valence-electron chi connectivity index (χ1n) is 5.06. The molecule has 16 heavy (non-hydrogen) atoms. The second kappa shape index (κ2) is 3.80. The van der Waals surface area contributed by atoms with Crippen LogP contribution >= 0.6 is 15.9 Å². The third kappa shape index (κ3) is 1.65. The molecule has 0 bridgehead atoms. The molecule has 2 aromatic carbocycles. The average molecular weight is 273 g/mol. The van der Waals surface area contributed by atoms with E-state index in [1.54, 1.807) is 6.26 Å². The van der Waals surface area contributed by atoms with E-state index in [4.69, 9.17) is 4.42 Å². The first-order valence-corrected chi connectivity index (χ1v) is 5.85. The standard InChI is InChI=1S/C14H9BrO/c15-13-5-3-10(4-6-13)12-2-1-11-7-8-16-14(11)9-12/h1-9H. The van der Waals surface area contributed by atoms with E-state index in [1.165, 1.54) is 11.1 Å². The minimum atomic E-state index is 0.931. The van der Waals surface area contributed by atoms with Gasteiger partial charge in [-0.05, 0) is 35.4 Å². The molecule has 0 radical (unpaired) electrons. The van der Waals surface area contributed by atoms with Crippen molar-refractivity contribution in [2.45, 2.75) is 0 Å². The fourth-order valence-electron chi connectivity index (χ4n) is 1.78. The number of benzene rings is 2. The second-order valence-corrected chi connectivity index (χ2v) is 4.60. The van der Waals surface area contributed by atoms with Crippen molar-refractivity contribution in [1.82, 2.24) is 0 Å². The summed E-state index contributed by atoms with van der Waals surface area (Å²) in [5.74, 6) is 0. The first-order chi connectivity index (χ1) is 7.83. The van der Waals surface area contributed by atoms with Gasteiger partial charge in [-0.2, -0.15) is 0 Å². The van der Waals surface area contributed by atoms with E-state index < -0.39 is 0 Å². The molecule has 0 unspecified atom stereocenters. The summed E-state index contributed by atoms with van der Waals surface area (Å²) < 4.78 is 6.49. The maximum absolute atomic E-state index is 5.39. The smallest absolute Gasteiger partial charge is 0.134 e. The van der Waals surface area contributed by atoms with E-state index in [1.807, 2.05) is 18.2 Å². The molecule has 0 aliphatic rings. The average Bonchev–Trinajstić information content (AvgIpc) is 2.77. The van der Waals surface area contributed by atoms with Crippen LogP contribution in [-0.4, -0.2) is 0 Å². The SMILES string of the molecule is Brc1ccc(-c2ccc3ccoc3c2)cc1. The van der Waals surface area contributed by atoms with Gasteiger partial charge in [0.1, 0.15) is 5.58 Å². The number of furan rings is 1. The molecule has 2 heteroatoms. The summed E-state index contributed by atoms with van der Waals surface area (Å²) in [5.41, 5.74) is 3.30. The molecule has 3 aromatic rings. The molecule has 0 aliphatic carbocycles. The number of halogens is 1. The van der Waals surface area contributed by atoms with E-state index in [-0.39, 0.29) is 0 Å². The van der Waals surface area contributed by atoms with Crippen molar-refractivity contribution in [2.24, 2.45) is 0 Å². The molecule has 78 valence electrons. The van der Waals surface area contributed by atoms with Crippen LogP contribution in [-0.2, 0) is 0 Å². The molecule has 0 amide bonds. The molecule has 1 aromatic heterocycles. The van der Waals surface area contributed by atoms with Crippen LogP contribution in [0.2, 0.25) is 0 Å². The predicted octanol–water partition coefficient (Wildman–Crippen LogP) is 4.86. The Balaban J connectivity index is 2.14. The van der Waals surface area contributed by atoms with Crippen molar-refractivity contribution in [1.29, 1.82) is 0 Å². The highest BCUT2D eigenvalue weighted by Crippen LogP contribution is 2.26. The Labute approximate surface area is 102 Å². The van der Waals surface area contributed by atoms with Gasteiger partial charge >= 0.3 is 0 Å². The van der Waals surface area contributed by atoms with E-state index in [0.29, 0.717) is 0 Å². The number of fused-ring (bicyclic) bond motifs is 1. The van der Waals surface area contributed by atoms with E-state index in [0.717, 1.165) is 15.4 Å². The maximum Gasteiger partial charge on any atom is 0.134 e. The monoisotopic (exact) mass is 272 g/mol. The summed E-state index contributed by atoms with van der Waals surface area (Å²) in [4.78, 5) is 0. The van der Waals surface area contributed by atoms with Crippen molar-refractivity contribution in [3.63, 3.8) is 0 Å². The van der Waals surface area contributed by atoms with Crippen molar-refractivity contribution in [3.8, 4) is 11.1 Å². The molecular formula is C14H9BrO. The summed E-state index contributed by atoms with van der Waals surface area (Å²) in [6.07, 6.45) is 1.72. The lowest BCUT2D eigenvalue weighted by atomic mass is 10.0. The Bertz CT molecular complexity index is 623. The Hall–Kier alpha value is -1.54. The zero-order chi connectivity index (χ0) is 11.0. The molecule has 0 atom stereocenters. The minimum Gasteiger partial charge on any atom is -0.464 e. The molecule has 1 heterocycles. The fourth-order valence-corrected chi connectivity index (χ4v) is 2.04. The lowest BCUT2D eigenvalue weighted by Gasteiger charge is -2.01. The van der Waals surface area contributed by atoms with Crippen LogP contribution in [0, 0.1) is 0 Å². The van der Waals surface area contributed by atoms with Gasteiger partial charge in [-0.25, -0.2) is 0 Å². The zero-order valence-electron chi connectivity index (χ0n) is 8.48. The lowest BCUT2D eigenvalue weighted by Crippen LogP contribution is -1.76. The Morgan fingerprint density at radius 1 is 0.812 bits per heavy atom. The van der Waals surface area contributed by atoms with Crippen LogP contribution in [0.3, 0.4) is 0 Å². The molecule has 0 aliphatic heterocycles. The van der Waals surface area contributed by atoms with Crippen molar-refractivity contribution in [2.75, 3.05) is 0 Å². The van der Waals surface area contributed by atoms with Gasteiger partial charge < -0.3 is 4.42 Å². The zero-order valence-corrected chi connectivity index (χ0v) is 10.1. The van der Waals surface area contributed by atoms with E-state index in [9.17, 15) is 0 Å². The number of hydrogen-bond acceptors (Lipinski definition) is 1. The van der Waals surface area contributed by atoms with Gasteiger partial charge in [0.05, 0.1) is 6.26 Å². The first kappa shape index (κ1) is 9.67. The highest BCUT2D eigenvalue weighted by Gasteiger charge is 2.01. The molecular weight excluding hydrogens is 264 g/mol. The van der Waals surface area contributed by atoms with E-state index in [2.05, 4.69) is 46.3 Å². The molecule has 1 nitrogen and oxygen atoms in total. The third-order valence-corrected chi connectivity index (χ3v) is 3.16. The van der Waals surface area contributed by atoms with Crippen molar-refractivity contribution < 1.29 is 4.42 Å². The number of hydrogen-bond donors (Lipinski definition) is 0. The van der Waals surface area contributed by atoms with Crippen molar-refractivity contribution in [3.05, 3.63) is 59.3 Å². The molecule has 0 saturated carbocycles. The molecule has 0 saturated heterocycles. The minimum absolute atomic E-state index is 0.931. The normalized spacial score (nSPS) is 10.8. The van der Waals surface area contributed by atoms with Gasteiger partial charge in [0.2, 0.25) is 0 Å². The van der Waals surface area contributed by atoms with E-state index >= 15 is 0 Å². The quantitative estimate of drug-likeness (QED) is 0.617. The molecule has 0 spiro atoms. The highest BCUT2D eigenvalue weighted by molar-refractivity contribution is 9.10. The summed E-state index contributed by atoms with van der Waals surface area (Å²) >= 11 is 3.43. The van der Waals surface area contributed by atoms with Crippen LogP contribution in [0.25, 0.3) is 22.1 Å². The van der Waals surface area contributed by atoms with Crippen molar-refractivity contribution >= 4 is 26.9 Å².